The molecule has 0 fully saturated rings. The number of rotatable bonds is 9. The normalized spacial score (nSPS) is 12.8. The first-order valence-electron chi connectivity index (χ1n) is 10.7. The molecule has 3 rings (SSSR count). The fourth-order valence-corrected chi connectivity index (χ4v) is 5.28. The SMILES string of the molecule is CSc1ccc2c(SCc3ccc(NCCC(C)CC(C)(C)C)cc3)ccnc2c1. The van der Waals surface area contributed by atoms with Gasteiger partial charge < -0.3 is 5.32 Å². The van der Waals surface area contributed by atoms with E-state index in [2.05, 4.69) is 92.8 Å². The molecule has 0 aliphatic rings. The Kier molecular flexibility index (Phi) is 8.13. The maximum absolute atomic E-state index is 4.54. The van der Waals surface area contributed by atoms with Gasteiger partial charge in [0, 0.05) is 39.4 Å². The standard InChI is InChI=1S/C26H34N2S2/c1-19(17-26(2,3)4)12-14-27-21-8-6-20(7-9-21)18-30-25-13-15-28-24-16-22(29-5)10-11-23(24)25/h6-11,13,15-16,19,27H,12,14,17-18H2,1-5H3. The molecule has 0 aliphatic carbocycles. The van der Waals surface area contributed by atoms with Crippen molar-refractivity contribution in [2.45, 2.75) is 56.1 Å². The van der Waals surface area contributed by atoms with E-state index >= 15 is 0 Å². The van der Waals surface area contributed by atoms with E-state index in [9.17, 15) is 0 Å². The second-order valence-electron chi connectivity index (χ2n) is 9.26. The van der Waals surface area contributed by atoms with E-state index in [1.165, 1.54) is 39.3 Å². The zero-order valence-electron chi connectivity index (χ0n) is 18.9. The van der Waals surface area contributed by atoms with E-state index < -0.39 is 0 Å². The molecular formula is C26H34N2S2. The monoisotopic (exact) mass is 438 g/mol. The van der Waals surface area contributed by atoms with Crippen LogP contribution in [0.3, 0.4) is 0 Å². The van der Waals surface area contributed by atoms with Gasteiger partial charge in [-0.15, -0.1) is 23.5 Å². The van der Waals surface area contributed by atoms with Crippen molar-refractivity contribution in [2.75, 3.05) is 18.1 Å². The van der Waals surface area contributed by atoms with Crippen LogP contribution in [0.1, 0.15) is 46.1 Å². The zero-order chi connectivity index (χ0) is 21.6. The highest BCUT2D eigenvalue weighted by Crippen LogP contribution is 2.31. The van der Waals surface area contributed by atoms with E-state index in [1.807, 2.05) is 18.0 Å². The Hall–Kier alpha value is -1.65. The smallest absolute Gasteiger partial charge is 0.0724 e. The summed E-state index contributed by atoms with van der Waals surface area (Å²) in [5.41, 5.74) is 4.05. The van der Waals surface area contributed by atoms with Crippen LogP contribution in [-0.4, -0.2) is 17.8 Å². The van der Waals surface area contributed by atoms with Crippen molar-refractivity contribution >= 4 is 40.1 Å². The van der Waals surface area contributed by atoms with E-state index in [4.69, 9.17) is 0 Å². The number of nitrogens with zero attached hydrogens (tertiary/aromatic N) is 1. The summed E-state index contributed by atoms with van der Waals surface area (Å²) < 4.78 is 0. The van der Waals surface area contributed by atoms with Crippen LogP contribution >= 0.6 is 23.5 Å². The molecule has 0 spiro atoms. The molecule has 30 heavy (non-hydrogen) atoms. The second kappa shape index (κ2) is 10.6. The molecule has 0 saturated heterocycles. The average molecular weight is 439 g/mol. The van der Waals surface area contributed by atoms with Crippen molar-refractivity contribution < 1.29 is 0 Å². The largest absolute Gasteiger partial charge is 0.385 e. The molecule has 0 aliphatic heterocycles. The number of anilines is 1. The summed E-state index contributed by atoms with van der Waals surface area (Å²) in [4.78, 5) is 7.09. The van der Waals surface area contributed by atoms with E-state index in [0.717, 1.165) is 23.7 Å². The van der Waals surface area contributed by atoms with Gasteiger partial charge in [-0.25, -0.2) is 0 Å². The number of hydrogen-bond donors (Lipinski definition) is 1. The van der Waals surface area contributed by atoms with Gasteiger partial charge in [-0.2, -0.15) is 0 Å². The molecule has 4 heteroatoms. The first kappa shape index (κ1) is 23.0. The molecule has 3 aromatic rings. The van der Waals surface area contributed by atoms with Gasteiger partial charge in [0.05, 0.1) is 5.52 Å². The Morgan fingerprint density at radius 1 is 1.03 bits per heavy atom. The lowest BCUT2D eigenvalue weighted by molar-refractivity contribution is 0.300. The van der Waals surface area contributed by atoms with Gasteiger partial charge in [0.15, 0.2) is 0 Å². The Bertz CT molecular complexity index is 945. The molecule has 0 amide bonds. The van der Waals surface area contributed by atoms with Gasteiger partial charge >= 0.3 is 0 Å². The topological polar surface area (TPSA) is 24.9 Å². The summed E-state index contributed by atoms with van der Waals surface area (Å²) in [5.74, 6) is 1.71. The van der Waals surface area contributed by atoms with Gasteiger partial charge in [0.2, 0.25) is 0 Å². The summed E-state index contributed by atoms with van der Waals surface area (Å²) in [6.45, 7) is 10.4. The maximum Gasteiger partial charge on any atom is 0.0724 e. The van der Waals surface area contributed by atoms with Gasteiger partial charge in [-0.3, -0.25) is 4.98 Å². The predicted octanol–water partition coefficient (Wildman–Crippen LogP) is 8.12. The number of aromatic nitrogens is 1. The Morgan fingerprint density at radius 2 is 1.80 bits per heavy atom. The van der Waals surface area contributed by atoms with Crippen LogP contribution in [0.5, 0.6) is 0 Å². The highest BCUT2D eigenvalue weighted by atomic mass is 32.2. The lowest BCUT2D eigenvalue weighted by Gasteiger charge is -2.23. The number of pyridine rings is 1. The minimum Gasteiger partial charge on any atom is -0.385 e. The molecule has 2 nitrogen and oxygen atoms in total. The van der Waals surface area contributed by atoms with Crippen LogP contribution in [0.2, 0.25) is 0 Å². The Morgan fingerprint density at radius 3 is 2.50 bits per heavy atom. The number of thioether (sulfide) groups is 2. The summed E-state index contributed by atoms with van der Waals surface area (Å²) in [6.07, 6.45) is 6.50. The minimum atomic E-state index is 0.413. The highest BCUT2D eigenvalue weighted by molar-refractivity contribution is 7.99. The fraction of sp³-hybridized carbons (Fsp3) is 0.423. The van der Waals surface area contributed by atoms with Crippen LogP contribution < -0.4 is 5.32 Å². The van der Waals surface area contributed by atoms with Crippen LogP contribution in [0, 0.1) is 11.3 Å². The third-order valence-corrected chi connectivity index (χ3v) is 7.06. The number of benzene rings is 2. The first-order valence-corrected chi connectivity index (χ1v) is 12.9. The molecule has 1 N–H and O–H groups in total. The average Bonchev–Trinajstić information content (AvgIpc) is 2.71. The summed E-state index contributed by atoms with van der Waals surface area (Å²) in [6, 6.07) is 17.6. The van der Waals surface area contributed by atoms with E-state index in [-0.39, 0.29) is 0 Å². The van der Waals surface area contributed by atoms with Gasteiger partial charge in [-0.1, -0.05) is 45.9 Å². The molecule has 160 valence electrons. The summed E-state index contributed by atoms with van der Waals surface area (Å²) in [7, 11) is 0. The quantitative estimate of drug-likeness (QED) is 0.341. The number of hydrogen-bond acceptors (Lipinski definition) is 4. The van der Waals surface area contributed by atoms with Crippen LogP contribution in [0.15, 0.2) is 64.5 Å². The first-order chi connectivity index (χ1) is 14.3. The van der Waals surface area contributed by atoms with Crippen molar-refractivity contribution in [3.8, 4) is 0 Å². The van der Waals surface area contributed by atoms with Gasteiger partial charge in [0.1, 0.15) is 0 Å². The van der Waals surface area contributed by atoms with Crippen molar-refractivity contribution in [3.05, 3.63) is 60.3 Å². The minimum absolute atomic E-state index is 0.413. The molecule has 2 aromatic carbocycles. The molecule has 1 atom stereocenters. The molecule has 0 radical (unpaired) electrons. The highest BCUT2D eigenvalue weighted by Gasteiger charge is 2.14. The van der Waals surface area contributed by atoms with Gasteiger partial charge in [0.25, 0.3) is 0 Å². The number of fused-ring (bicyclic) bond motifs is 1. The summed E-state index contributed by atoms with van der Waals surface area (Å²) in [5, 5.41) is 4.82. The molecular weight excluding hydrogens is 404 g/mol. The molecule has 1 unspecified atom stereocenters. The lowest BCUT2D eigenvalue weighted by atomic mass is 9.84. The van der Waals surface area contributed by atoms with Crippen LogP contribution in [-0.2, 0) is 5.75 Å². The van der Waals surface area contributed by atoms with Gasteiger partial charge in [-0.05, 0) is 66.3 Å². The van der Waals surface area contributed by atoms with Crippen molar-refractivity contribution in [1.82, 2.24) is 4.98 Å². The van der Waals surface area contributed by atoms with E-state index in [1.54, 1.807) is 11.8 Å². The Labute approximate surface area is 190 Å². The third kappa shape index (κ3) is 6.95. The van der Waals surface area contributed by atoms with Crippen molar-refractivity contribution in [1.29, 1.82) is 0 Å². The van der Waals surface area contributed by atoms with E-state index in [0.29, 0.717) is 5.41 Å². The zero-order valence-corrected chi connectivity index (χ0v) is 20.5. The fourth-order valence-electron chi connectivity index (χ4n) is 3.84. The second-order valence-corrected chi connectivity index (χ2v) is 11.2. The Balaban J connectivity index is 1.52. The van der Waals surface area contributed by atoms with Crippen LogP contribution in [0.25, 0.3) is 10.9 Å². The molecule has 1 heterocycles. The van der Waals surface area contributed by atoms with Crippen LogP contribution in [0.4, 0.5) is 5.69 Å². The molecule has 0 bridgehead atoms. The predicted molar refractivity (Wildman–Crippen MR) is 136 cm³/mol. The maximum atomic E-state index is 4.54. The third-order valence-electron chi connectivity index (χ3n) is 5.19. The summed E-state index contributed by atoms with van der Waals surface area (Å²) >= 11 is 3.64. The van der Waals surface area contributed by atoms with Crippen molar-refractivity contribution in [3.63, 3.8) is 0 Å². The molecule has 0 saturated carbocycles. The van der Waals surface area contributed by atoms with Crippen molar-refractivity contribution in [2.24, 2.45) is 11.3 Å². The molecule has 1 aromatic heterocycles. The lowest BCUT2D eigenvalue weighted by Crippen LogP contribution is -2.14. The number of nitrogens with one attached hydrogen (secondary N) is 1.